The fourth-order valence-electron chi connectivity index (χ4n) is 6.03. The molecule has 3 aromatic rings. The van der Waals surface area contributed by atoms with Gasteiger partial charge >= 0.3 is 23.9 Å². The fourth-order valence-corrected chi connectivity index (χ4v) is 6.03. The minimum Gasteiger partial charge on any atom is -0.488 e. The van der Waals surface area contributed by atoms with Crippen LogP contribution >= 0.6 is 0 Å². The van der Waals surface area contributed by atoms with Crippen molar-refractivity contribution >= 4 is 51.9 Å². The molecule has 2 aliphatic rings. The molecule has 0 unspecified atom stereocenters. The molecule has 0 radical (unpaired) electrons. The van der Waals surface area contributed by atoms with E-state index in [9.17, 15) is 39.6 Å². The summed E-state index contributed by atoms with van der Waals surface area (Å²) in [5.41, 5.74) is 4.31. The average Bonchev–Trinajstić information content (AvgIpc) is 3.10. The second-order valence-corrected chi connectivity index (χ2v) is 12.8. The zero-order valence-corrected chi connectivity index (χ0v) is 30.2. The minimum atomic E-state index is -1.24. The maximum absolute atomic E-state index is 11.9. The Balaban J connectivity index is 1.58. The Bertz CT molecular complexity index is 2210. The van der Waals surface area contributed by atoms with Gasteiger partial charge in [-0.15, -0.1) is 0 Å². The number of benzene rings is 4. The van der Waals surface area contributed by atoms with E-state index in [1.807, 2.05) is 74.1 Å². The summed E-state index contributed by atoms with van der Waals surface area (Å²) in [4.78, 5) is 51.0. The first kappa shape index (κ1) is 38.5. The molecule has 5 rings (SSSR count). The Morgan fingerprint density at radius 3 is 1.81 bits per heavy atom. The Kier molecular flexibility index (Phi) is 11.9. The third kappa shape index (κ3) is 9.17. The zero-order chi connectivity index (χ0) is 39.1. The van der Waals surface area contributed by atoms with Crippen LogP contribution in [0.5, 0.6) is 11.5 Å². The van der Waals surface area contributed by atoms with Crippen LogP contribution in [0.3, 0.4) is 0 Å². The fraction of sp³-hybridized carbons (Fsp3) is 0.256. The number of rotatable bonds is 17. The zero-order valence-electron chi connectivity index (χ0n) is 30.2. The van der Waals surface area contributed by atoms with Gasteiger partial charge in [-0.3, -0.25) is 19.2 Å². The van der Waals surface area contributed by atoms with E-state index in [4.69, 9.17) is 13.9 Å². The van der Waals surface area contributed by atoms with Gasteiger partial charge in [0.15, 0.2) is 0 Å². The molecule has 0 aromatic heterocycles. The molecule has 15 heteroatoms. The maximum Gasteiger partial charge on any atom is 0.323 e. The summed E-state index contributed by atoms with van der Waals surface area (Å²) in [6.45, 7) is -2.60. The van der Waals surface area contributed by atoms with Crippen LogP contribution in [0.2, 0.25) is 0 Å². The molecule has 0 amide bonds. The molecular weight excluding hydrogens is 700 g/mol. The molecule has 0 saturated carbocycles. The van der Waals surface area contributed by atoms with Crippen molar-refractivity contribution in [2.24, 2.45) is 0 Å². The number of anilines is 3. The van der Waals surface area contributed by atoms with Gasteiger partial charge in [-0.05, 0) is 48.0 Å². The van der Waals surface area contributed by atoms with Gasteiger partial charge in [0.05, 0.1) is 17.4 Å². The average molecular weight is 742 g/mol. The number of nitrogens with zero attached hydrogens (tertiary/aromatic N) is 4. The molecule has 1 aliphatic carbocycles. The molecule has 3 aromatic carbocycles. The van der Waals surface area contributed by atoms with Crippen molar-refractivity contribution < 1.29 is 53.5 Å². The number of aliphatic carboxylic acids is 4. The molecule has 0 atom stereocenters. The standard InChI is InChI=1S/C39H40N4O11/c1-40(2)25-10-12-27-32(18-25)54-33-19-26(41(3)4)11-13-28(33)39(27)24-9-14-30(43(22-37(48)49)23-38(50)51)34(17-24)53-16-15-52-31-8-6-5-7-29(31)42(20-35(44)45)21-36(46)47/h5-14,17-19H,15-16,20-23H2,1-4H3,(H3-,44,45,46,47,48,49,50,51)/p+1. The van der Waals surface area contributed by atoms with Crippen molar-refractivity contribution in [3.05, 3.63) is 84.2 Å². The van der Waals surface area contributed by atoms with E-state index in [1.165, 1.54) is 4.90 Å². The summed E-state index contributed by atoms with van der Waals surface area (Å²) in [7, 11) is 7.72. The molecule has 0 spiro atoms. The van der Waals surface area contributed by atoms with Crippen LogP contribution in [0, 0.1) is 0 Å². The topological polar surface area (TPSA) is 194 Å². The monoisotopic (exact) mass is 741 g/mol. The lowest BCUT2D eigenvalue weighted by Crippen LogP contribution is -2.35. The highest BCUT2D eigenvalue weighted by molar-refractivity contribution is 6.03. The van der Waals surface area contributed by atoms with Gasteiger partial charge in [0.2, 0.25) is 5.36 Å². The highest BCUT2D eigenvalue weighted by atomic mass is 16.5. The summed E-state index contributed by atoms with van der Waals surface area (Å²) in [5.74, 6) is -3.91. The molecule has 0 saturated heterocycles. The summed E-state index contributed by atoms with van der Waals surface area (Å²) in [6, 6.07) is 23.2. The number of carbonyl (C=O) groups is 4. The number of para-hydroxylation sites is 2. The van der Waals surface area contributed by atoms with E-state index >= 15 is 0 Å². The first-order valence-corrected chi connectivity index (χ1v) is 16.8. The lowest BCUT2D eigenvalue weighted by Gasteiger charge is -2.25. The second kappa shape index (κ2) is 16.7. The third-order valence-electron chi connectivity index (χ3n) is 8.42. The van der Waals surface area contributed by atoms with Gasteiger partial charge in [0.1, 0.15) is 76.3 Å². The summed E-state index contributed by atoms with van der Waals surface area (Å²) < 4.78 is 20.6. The van der Waals surface area contributed by atoms with Crippen molar-refractivity contribution in [3.8, 4) is 33.9 Å². The Morgan fingerprint density at radius 1 is 0.667 bits per heavy atom. The van der Waals surface area contributed by atoms with Gasteiger partial charge in [-0.25, -0.2) is 4.58 Å². The van der Waals surface area contributed by atoms with Crippen LogP contribution in [-0.2, 0) is 19.2 Å². The summed E-state index contributed by atoms with van der Waals surface area (Å²) in [6.07, 6.45) is 0. The molecule has 15 nitrogen and oxygen atoms in total. The highest BCUT2D eigenvalue weighted by Gasteiger charge is 2.24. The van der Waals surface area contributed by atoms with E-state index in [2.05, 4.69) is 0 Å². The van der Waals surface area contributed by atoms with Crippen LogP contribution in [0.15, 0.2) is 83.3 Å². The van der Waals surface area contributed by atoms with Crippen molar-refractivity contribution in [1.29, 1.82) is 0 Å². The first-order valence-electron chi connectivity index (χ1n) is 16.8. The van der Waals surface area contributed by atoms with Gasteiger partial charge in [0.25, 0.3) is 0 Å². The van der Waals surface area contributed by atoms with Crippen molar-refractivity contribution in [2.45, 2.75) is 0 Å². The first-order chi connectivity index (χ1) is 25.7. The highest BCUT2D eigenvalue weighted by Crippen LogP contribution is 2.43. The lowest BCUT2D eigenvalue weighted by molar-refractivity contribution is -0.138. The third-order valence-corrected chi connectivity index (χ3v) is 8.42. The normalized spacial score (nSPS) is 10.9. The van der Waals surface area contributed by atoms with Gasteiger partial charge < -0.3 is 49.0 Å². The molecule has 1 heterocycles. The van der Waals surface area contributed by atoms with E-state index in [0.717, 1.165) is 32.5 Å². The minimum absolute atomic E-state index is 0.0940. The molecule has 282 valence electrons. The van der Waals surface area contributed by atoms with Gasteiger partial charge in [-0.1, -0.05) is 18.2 Å². The number of hydrogen-bond acceptors (Lipinski definition) is 10. The largest absolute Gasteiger partial charge is 0.488 e. The van der Waals surface area contributed by atoms with E-state index in [1.54, 1.807) is 42.5 Å². The van der Waals surface area contributed by atoms with Crippen LogP contribution in [0.1, 0.15) is 0 Å². The van der Waals surface area contributed by atoms with Crippen molar-refractivity contribution in [2.75, 3.05) is 82.3 Å². The van der Waals surface area contributed by atoms with Crippen LogP contribution in [-0.4, -0.2) is 112 Å². The number of carboxylic acids is 4. The Morgan fingerprint density at radius 2 is 1.24 bits per heavy atom. The molecular formula is C39H41N4O11+. The number of carboxylic acid groups (broad SMARTS) is 4. The van der Waals surface area contributed by atoms with E-state index in [-0.39, 0.29) is 36.1 Å². The number of ether oxygens (including phenoxy) is 2. The molecule has 4 N–H and O–H groups in total. The van der Waals surface area contributed by atoms with E-state index < -0.39 is 50.1 Å². The van der Waals surface area contributed by atoms with Crippen LogP contribution in [0.25, 0.3) is 33.4 Å². The SMILES string of the molecule is CN(C)c1ccc2c(-c3ccc(N(CC(=O)O)CC(=O)O)c(OCCOc4ccccc4N(CC(=O)O)CC(=O)O)c3)c3ccc(=[N+](C)C)cc-3oc2c1. The predicted molar refractivity (Wildman–Crippen MR) is 202 cm³/mol. The maximum atomic E-state index is 11.9. The van der Waals surface area contributed by atoms with Gasteiger partial charge in [0, 0.05) is 48.4 Å². The predicted octanol–water partition coefficient (Wildman–Crippen LogP) is 3.71. The van der Waals surface area contributed by atoms with E-state index in [0.29, 0.717) is 16.9 Å². The van der Waals surface area contributed by atoms with Crippen LogP contribution in [0.4, 0.5) is 17.1 Å². The Hall–Kier alpha value is -6.77. The molecule has 54 heavy (non-hydrogen) atoms. The van der Waals surface area contributed by atoms with Crippen LogP contribution < -0.4 is 34.1 Å². The quantitative estimate of drug-likeness (QED) is 0.0612. The second-order valence-electron chi connectivity index (χ2n) is 12.8. The number of fused-ring (bicyclic) bond motifs is 2. The van der Waals surface area contributed by atoms with Gasteiger partial charge in [-0.2, -0.15) is 0 Å². The molecule has 0 bridgehead atoms. The van der Waals surface area contributed by atoms with Crippen molar-refractivity contribution in [3.63, 3.8) is 0 Å². The molecule has 0 fully saturated rings. The lowest BCUT2D eigenvalue weighted by atomic mass is 9.93. The summed E-state index contributed by atoms with van der Waals surface area (Å²) >= 11 is 0. The number of hydrogen-bond donors (Lipinski definition) is 4. The molecule has 1 aliphatic heterocycles. The Labute approximate surface area is 310 Å². The summed E-state index contributed by atoms with van der Waals surface area (Å²) in [5, 5.41) is 39.8. The smallest absolute Gasteiger partial charge is 0.323 e. The van der Waals surface area contributed by atoms with Crippen molar-refractivity contribution in [1.82, 2.24) is 4.58 Å².